The summed E-state index contributed by atoms with van der Waals surface area (Å²) in [6.07, 6.45) is 0.260. The number of aryl methyl sites for hydroxylation is 3. The molecule has 2 N–H and O–H groups in total. The Bertz CT molecular complexity index is 1200. The Balaban J connectivity index is 1.74. The molecule has 0 saturated carbocycles. The van der Waals surface area contributed by atoms with Crippen molar-refractivity contribution >= 4 is 33.1 Å². The maximum absolute atomic E-state index is 12.3. The number of para-hydroxylation sites is 1. The number of aromatic nitrogens is 2. The van der Waals surface area contributed by atoms with Crippen molar-refractivity contribution in [3.05, 3.63) is 51.3 Å². The number of carbonyl (C=O) groups is 1. The van der Waals surface area contributed by atoms with Crippen LogP contribution in [0.15, 0.2) is 28.7 Å². The SMILES string of the molecule is Cc1nc(C)c(CC(=O)NCc2nc(-c3ccccc3NS(=O)(=O)N(C)C)oc2C)s1. The van der Waals surface area contributed by atoms with Gasteiger partial charge in [0.05, 0.1) is 34.9 Å². The van der Waals surface area contributed by atoms with Crippen molar-refractivity contribution in [3.63, 3.8) is 0 Å². The minimum atomic E-state index is -3.69. The minimum Gasteiger partial charge on any atom is -0.441 e. The average molecular weight is 464 g/mol. The Hall–Kier alpha value is -2.76. The quantitative estimate of drug-likeness (QED) is 0.530. The topological polar surface area (TPSA) is 117 Å². The molecule has 3 rings (SSSR count). The zero-order chi connectivity index (χ0) is 22.8. The smallest absolute Gasteiger partial charge is 0.301 e. The van der Waals surface area contributed by atoms with Gasteiger partial charge in [-0.1, -0.05) is 12.1 Å². The van der Waals surface area contributed by atoms with E-state index in [4.69, 9.17) is 4.42 Å². The van der Waals surface area contributed by atoms with Gasteiger partial charge in [-0.25, -0.2) is 9.97 Å². The number of oxazole rings is 1. The lowest BCUT2D eigenvalue weighted by Crippen LogP contribution is -2.29. The fourth-order valence-electron chi connectivity index (χ4n) is 2.82. The Morgan fingerprint density at radius 2 is 1.87 bits per heavy atom. The summed E-state index contributed by atoms with van der Waals surface area (Å²) >= 11 is 1.51. The summed E-state index contributed by atoms with van der Waals surface area (Å²) in [7, 11) is -0.804. The molecule has 2 heterocycles. The van der Waals surface area contributed by atoms with E-state index in [1.807, 2.05) is 13.8 Å². The van der Waals surface area contributed by atoms with Crippen LogP contribution in [0.1, 0.15) is 27.0 Å². The van der Waals surface area contributed by atoms with Crippen molar-refractivity contribution < 1.29 is 17.6 Å². The van der Waals surface area contributed by atoms with Crippen molar-refractivity contribution in [1.82, 2.24) is 19.6 Å². The van der Waals surface area contributed by atoms with Crippen LogP contribution < -0.4 is 10.0 Å². The van der Waals surface area contributed by atoms with Crippen LogP contribution in [0.5, 0.6) is 0 Å². The fraction of sp³-hybridized carbons (Fsp3) is 0.350. The zero-order valence-corrected chi connectivity index (χ0v) is 19.6. The monoisotopic (exact) mass is 463 g/mol. The third-order valence-electron chi connectivity index (χ3n) is 4.54. The second kappa shape index (κ2) is 9.16. The van der Waals surface area contributed by atoms with Gasteiger partial charge in [0, 0.05) is 19.0 Å². The number of carbonyl (C=O) groups excluding carboxylic acids is 1. The molecule has 0 aliphatic rings. The largest absolute Gasteiger partial charge is 0.441 e. The van der Waals surface area contributed by atoms with E-state index in [2.05, 4.69) is 20.0 Å². The predicted molar refractivity (Wildman–Crippen MR) is 120 cm³/mol. The molecule has 0 saturated heterocycles. The Labute approximate surface area is 185 Å². The highest BCUT2D eigenvalue weighted by Gasteiger charge is 2.20. The van der Waals surface area contributed by atoms with E-state index >= 15 is 0 Å². The standard InChI is InChI=1S/C20H25N5O4S2/c1-12-18(30-14(3)22-12)10-19(26)21-11-17-13(2)29-20(23-17)15-8-6-7-9-16(15)24-31(27,28)25(4)5/h6-9,24H,10-11H2,1-5H3,(H,21,26). The number of amides is 1. The molecule has 0 aliphatic heterocycles. The summed E-state index contributed by atoms with van der Waals surface area (Å²) in [5, 5.41) is 3.79. The molecule has 31 heavy (non-hydrogen) atoms. The molecule has 2 aromatic heterocycles. The number of hydrogen-bond donors (Lipinski definition) is 2. The second-order valence-corrected chi connectivity index (χ2v) is 10.3. The van der Waals surface area contributed by atoms with Gasteiger partial charge in [0.2, 0.25) is 11.8 Å². The van der Waals surface area contributed by atoms with Crippen LogP contribution in [0.4, 0.5) is 5.69 Å². The van der Waals surface area contributed by atoms with Crippen LogP contribution in [0, 0.1) is 20.8 Å². The average Bonchev–Trinajstić information content (AvgIpc) is 3.21. The van der Waals surface area contributed by atoms with Crippen molar-refractivity contribution in [2.45, 2.75) is 33.7 Å². The van der Waals surface area contributed by atoms with E-state index in [9.17, 15) is 13.2 Å². The molecular weight excluding hydrogens is 438 g/mol. The summed E-state index contributed by atoms with van der Waals surface area (Å²) in [6.45, 7) is 5.76. The first-order chi connectivity index (χ1) is 14.6. The molecule has 166 valence electrons. The van der Waals surface area contributed by atoms with Gasteiger partial charge in [0.25, 0.3) is 0 Å². The lowest BCUT2D eigenvalue weighted by atomic mass is 10.2. The van der Waals surface area contributed by atoms with E-state index in [-0.39, 0.29) is 24.8 Å². The molecule has 0 atom stereocenters. The molecule has 0 unspecified atom stereocenters. The van der Waals surface area contributed by atoms with E-state index in [0.29, 0.717) is 22.7 Å². The lowest BCUT2D eigenvalue weighted by Gasteiger charge is -2.15. The number of hydrogen-bond acceptors (Lipinski definition) is 7. The predicted octanol–water partition coefficient (Wildman–Crippen LogP) is 2.80. The first-order valence-electron chi connectivity index (χ1n) is 9.52. The molecule has 1 amide bonds. The van der Waals surface area contributed by atoms with Gasteiger partial charge in [-0.3, -0.25) is 9.52 Å². The molecule has 3 aromatic rings. The van der Waals surface area contributed by atoms with Crippen LogP contribution in [0.2, 0.25) is 0 Å². The van der Waals surface area contributed by atoms with Crippen molar-refractivity contribution in [3.8, 4) is 11.5 Å². The Kier molecular flexibility index (Phi) is 6.77. The summed E-state index contributed by atoms with van der Waals surface area (Å²) in [6, 6.07) is 6.84. The van der Waals surface area contributed by atoms with Crippen LogP contribution in [-0.2, 0) is 28.0 Å². The molecule has 9 nitrogen and oxygen atoms in total. The van der Waals surface area contributed by atoms with E-state index < -0.39 is 10.2 Å². The molecule has 0 spiro atoms. The maximum Gasteiger partial charge on any atom is 0.301 e. The first kappa shape index (κ1) is 22.9. The minimum absolute atomic E-state index is 0.130. The van der Waals surface area contributed by atoms with Gasteiger partial charge in [0.1, 0.15) is 11.5 Å². The highest BCUT2D eigenvalue weighted by Crippen LogP contribution is 2.29. The number of thiazole rings is 1. The van der Waals surface area contributed by atoms with Gasteiger partial charge in [-0.05, 0) is 32.9 Å². The summed E-state index contributed by atoms with van der Waals surface area (Å²) < 4.78 is 33.8. The van der Waals surface area contributed by atoms with Crippen molar-refractivity contribution in [1.29, 1.82) is 0 Å². The van der Waals surface area contributed by atoms with Crippen LogP contribution in [-0.4, -0.2) is 42.7 Å². The number of nitrogens with one attached hydrogen (secondary N) is 2. The van der Waals surface area contributed by atoms with Gasteiger partial charge < -0.3 is 9.73 Å². The van der Waals surface area contributed by atoms with Crippen LogP contribution in [0.3, 0.4) is 0 Å². The summed E-state index contributed by atoms with van der Waals surface area (Å²) in [5.41, 5.74) is 2.30. The molecule has 1 aromatic carbocycles. The molecular formula is C20H25N5O4S2. The molecule has 0 aliphatic carbocycles. The lowest BCUT2D eigenvalue weighted by molar-refractivity contribution is -0.120. The summed E-state index contributed by atoms with van der Waals surface area (Å²) in [5.74, 6) is 0.688. The van der Waals surface area contributed by atoms with Crippen molar-refractivity contribution in [2.75, 3.05) is 18.8 Å². The van der Waals surface area contributed by atoms with Gasteiger partial charge in [-0.15, -0.1) is 11.3 Å². The Morgan fingerprint density at radius 3 is 2.52 bits per heavy atom. The first-order valence-corrected chi connectivity index (χ1v) is 11.8. The number of nitrogens with zero attached hydrogens (tertiary/aromatic N) is 3. The highest BCUT2D eigenvalue weighted by atomic mass is 32.2. The van der Waals surface area contributed by atoms with Crippen LogP contribution in [0.25, 0.3) is 11.5 Å². The molecule has 0 radical (unpaired) electrons. The number of anilines is 1. The van der Waals surface area contributed by atoms with E-state index in [1.54, 1.807) is 31.2 Å². The number of rotatable bonds is 8. The van der Waals surface area contributed by atoms with E-state index in [1.165, 1.54) is 25.4 Å². The maximum atomic E-state index is 12.3. The summed E-state index contributed by atoms with van der Waals surface area (Å²) in [4.78, 5) is 22.1. The second-order valence-electron chi connectivity index (χ2n) is 7.15. The number of benzene rings is 1. The highest BCUT2D eigenvalue weighted by molar-refractivity contribution is 7.90. The third-order valence-corrected chi connectivity index (χ3v) is 7.06. The normalized spacial score (nSPS) is 11.7. The Morgan fingerprint density at radius 1 is 1.16 bits per heavy atom. The van der Waals surface area contributed by atoms with Gasteiger partial charge >= 0.3 is 10.2 Å². The van der Waals surface area contributed by atoms with E-state index in [0.717, 1.165) is 19.9 Å². The van der Waals surface area contributed by atoms with Gasteiger partial charge in [0.15, 0.2) is 0 Å². The molecule has 11 heteroatoms. The van der Waals surface area contributed by atoms with Gasteiger partial charge in [-0.2, -0.15) is 12.7 Å². The third kappa shape index (κ3) is 5.49. The fourth-order valence-corrected chi connectivity index (χ4v) is 4.40. The molecule has 0 bridgehead atoms. The van der Waals surface area contributed by atoms with Crippen LogP contribution >= 0.6 is 11.3 Å². The molecule has 0 fully saturated rings. The zero-order valence-electron chi connectivity index (χ0n) is 18.0. The van der Waals surface area contributed by atoms with Crippen molar-refractivity contribution in [2.24, 2.45) is 0 Å².